The Hall–Kier alpha value is -0.560. The van der Waals surface area contributed by atoms with Gasteiger partial charge in [0.05, 0.1) is 6.10 Å². The largest absolute Gasteiger partial charge is 0.393 e. The molecule has 1 nitrogen and oxygen atoms in total. The van der Waals surface area contributed by atoms with E-state index in [1.54, 1.807) is 0 Å². The summed E-state index contributed by atoms with van der Waals surface area (Å²) in [7, 11) is 0. The molecule has 0 saturated heterocycles. The summed E-state index contributed by atoms with van der Waals surface area (Å²) in [6, 6.07) is 0. The van der Waals surface area contributed by atoms with Crippen molar-refractivity contribution in [3.05, 3.63) is 23.8 Å². The SMILES string of the molecule is CC[C@@H](/C=C/[C@H](C)[C@@H]1CC[C@@H]2C3=CC[C@@H]4C[C@H](O)CC[C@@]4(C)[C@@H]3CC[C@]21C)C(C)C. The second-order valence-corrected chi connectivity index (χ2v) is 12.5. The fourth-order valence-electron chi connectivity index (χ4n) is 8.68. The van der Waals surface area contributed by atoms with E-state index in [4.69, 9.17) is 0 Å². The van der Waals surface area contributed by atoms with Crippen molar-refractivity contribution in [1.82, 2.24) is 0 Å². The van der Waals surface area contributed by atoms with Crippen molar-refractivity contribution in [2.45, 2.75) is 105 Å². The first-order chi connectivity index (χ1) is 14.2. The highest BCUT2D eigenvalue weighted by Gasteiger charge is 2.57. The molecular formula is C29H48O. The van der Waals surface area contributed by atoms with E-state index < -0.39 is 0 Å². The summed E-state index contributed by atoms with van der Waals surface area (Å²) in [5.41, 5.74) is 2.79. The molecule has 3 saturated carbocycles. The van der Waals surface area contributed by atoms with Crippen LogP contribution in [-0.2, 0) is 0 Å². The minimum atomic E-state index is -0.0480. The van der Waals surface area contributed by atoms with E-state index in [2.05, 4.69) is 59.8 Å². The minimum Gasteiger partial charge on any atom is -0.393 e. The molecule has 30 heavy (non-hydrogen) atoms. The molecule has 9 atom stereocenters. The third-order valence-electron chi connectivity index (χ3n) is 10.7. The Balaban J connectivity index is 1.53. The molecule has 0 aromatic carbocycles. The normalized spacial score (nSPS) is 45.6. The highest BCUT2D eigenvalue weighted by atomic mass is 16.3. The van der Waals surface area contributed by atoms with Gasteiger partial charge < -0.3 is 5.11 Å². The van der Waals surface area contributed by atoms with Crippen molar-refractivity contribution < 1.29 is 5.11 Å². The zero-order chi connectivity index (χ0) is 21.7. The van der Waals surface area contributed by atoms with Crippen LogP contribution in [0.5, 0.6) is 0 Å². The number of aliphatic hydroxyl groups is 1. The molecular weight excluding hydrogens is 364 g/mol. The lowest BCUT2D eigenvalue weighted by Gasteiger charge is -2.57. The topological polar surface area (TPSA) is 20.2 Å². The summed E-state index contributed by atoms with van der Waals surface area (Å²) in [6.07, 6.45) is 19.2. The quantitative estimate of drug-likeness (QED) is 0.457. The van der Waals surface area contributed by atoms with Crippen LogP contribution in [0.15, 0.2) is 23.8 Å². The number of rotatable bonds is 5. The van der Waals surface area contributed by atoms with Gasteiger partial charge in [0.2, 0.25) is 0 Å². The average Bonchev–Trinajstić information content (AvgIpc) is 3.06. The van der Waals surface area contributed by atoms with E-state index in [-0.39, 0.29) is 6.10 Å². The van der Waals surface area contributed by atoms with E-state index in [0.29, 0.717) is 22.7 Å². The predicted octanol–water partition coefficient (Wildman–Crippen LogP) is 7.80. The van der Waals surface area contributed by atoms with Gasteiger partial charge in [0.15, 0.2) is 0 Å². The summed E-state index contributed by atoms with van der Waals surface area (Å²) in [5.74, 6) is 5.32. The Morgan fingerprint density at radius 2 is 1.70 bits per heavy atom. The van der Waals surface area contributed by atoms with Crippen LogP contribution in [0.4, 0.5) is 0 Å². The lowest BCUT2D eigenvalue weighted by molar-refractivity contribution is -0.0414. The number of aliphatic hydroxyl groups excluding tert-OH is 1. The molecule has 0 unspecified atom stereocenters. The van der Waals surface area contributed by atoms with Crippen molar-refractivity contribution in [2.24, 2.45) is 52.3 Å². The zero-order valence-electron chi connectivity index (χ0n) is 20.7. The van der Waals surface area contributed by atoms with Gasteiger partial charge in [-0.1, -0.05) is 65.3 Å². The maximum absolute atomic E-state index is 10.3. The molecule has 1 heteroatoms. The Morgan fingerprint density at radius 3 is 2.40 bits per heavy atom. The van der Waals surface area contributed by atoms with Gasteiger partial charge in [-0.25, -0.2) is 0 Å². The third kappa shape index (κ3) is 3.66. The number of hydrogen-bond donors (Lipinski definition) is 1. The molecule has 4 rings (SSSR count). The Morgan fingerprint density at radius 1 is 1.00 bits per heavy atom. The second-order valence-electron chi connectivity index (χ2n) is 12.5. The lowest BCUT2D eigenvalue weighted by Crippen LogP contribution is -2.49. The fraction of sp³-hybridized carbons (Fsp3) is 0.862. The number of fused-ring (bicyclic) bond motifs is 5. The standard InChI is InChI=1S/C29H48O/c1-7-21(19(2)3)9-8-20(4)25-12-13-26-24-11-10-22-18-23(30)14-16-28(22,5)27(24)15-17-29(25,26)6/h8-9,11,19-23,25-27,30H,7,10,12-18H2,1-6H3/b9-8+/t20-,21-,22+,23+,25-,26+,27+,28+,29-/m0/s1. The Bertz CT molecular complexity index is 674. The fourth-order valence-corrected chi connectivity index (χ4v) is 8.68. The van der Waals surface area contributed by atoms with Crippen LogP contribution >= 0.6 is 0 Å². The van der Waals surface area contributed by atoms with E-state index >= 15 is 0 Å². The summed E-state index contributed by atoms with van der Waals surface area (Å²) in [5, 5.41) is 10.3. The van der Waals surface area contributed by atoms with Crippen molar-refractivity contribution in [3.8, 4) is 0 Å². The minimum absolute atomic E-state index is 0.0480. The maximum Gasteiger partial charge on any atom is 0.0543 e. The number of hydrogen-bond acceptors (Lipinski definition) is 1. The van der Waals surface area contributed by atoms with E-state index in [1.807, 2.05) is 5.57 Å². The van der Waals surface area contributed by atoms with Crippen LogP contribution in [0.3, 0.4) is 0 Å². The first kappa shape index (κ1) is 22.6. The summed E-state index contributed by atoms with van der Waals surface area (Å²) >= 11 is 0. The molecule has 1 N–H and O–H groups in total. The van der Waals surface area contributed by atoms with Crippen LogP contribution in [0, 0.1) is 52.3 Å². The van der Waals surface area contributed by atoms with Gasteiger partial charge in [-0.2, -0.15) is 0 Å². The molecule has 4 aliphatic rings. The monoisotopic (exact) mass is 412 g/mol. The van der Waals surface area contributed by atoms with Gasteiger partial charge in [0, 0.05) is 0 Å². The van der Waals surface area contributed by atoms with Gasteiger partial charge in [-0.15, -0.1) is 0 Å². The van der Waals surface area contributed by atoms with Crippen molar-refractivity contribution in [2.75, 3.05) is 0 Å². The zero-order valence-corrected chi connectivity index (χ0v) is 20.7. The molecule has 0 aromatic rings. The summed E-state index contributed by atoms with van der Waals surface area (Å²) in [4.78, 5) is 0. The molecule has 170 valence electrons. The van der Waals surface area contributed by atoms with E-state index in [1.165, 1.54) is 44.9 Å². The molecule has 0 aromatic heterocycles. The second kappa shape index (κ2) is 8.42. The molecule has 0 spiro atoms. The van der Waals surface area contributed by atoms with E-state index in [0.717, 1.165) is 42.4 Å². The molecule has 0 heterocycles. The van der Waals surface area contributed by atoms with E-state index in [9.17, 15) is 5.11 Å². The van der Waals surface area contributed by atoms with Crippen LogP contribution in [0.2, 0.25) is 0 Å². The summed E-state index contributed by atoms with van der Waals surface area (Å²) in [6.45, 7) is 14.8. The van der Waals surface area contributed by atoms with Gasteiger partial charge in [-0.05, 0) is 110 Å². The Labute approximate surface area is 186 Å². The molecule has 0 radical (unpaired) electrons. The van der Waals surface area contributed by atoms with Gasteiger partial charge in [-0.3, -0.25) is 0 Å². The Kier molecular flexibility index (Phi) is 6.35. The maximum atomic E-state index is 10.3. The molecule has 0 bridgehead atoms. The van der Waals surface area contributed by atoms with Crippen molar-refractivity contribution in [1.29, 1.82) is 0 Å². The highest BCUT2D eigenvalue weighted by molar-refractivity contribution is 5.28. The van der Waals surface area contributed by atoms with Crippen LogP contribution in [0.25, 0.3) is 0 Å². The smallest absolute Gasteiger partial charge is 0.0543 e. The molecule has 3 fully saturated rings. The highest BCUT2D eigenvalue weighted by Crippen LogP contribution is 2.66. The predicted molar refractivity (Wildman–Crippen MR) is 128 cm³/mol. The van der Waals surface area contributed by atoms with Crippen LogP contribution in [0.1, 0.15) is 99.3 Å². The molecule has 0 amide bonds. The first-order valence-corrected chi connectivity index (χ1v) is 13.3. The van der Waals surface area contributed by atoms with Crippen molar-refractivity contribution in [3.63, 3.8) is 0 Å². The van der Waals surface area contributed by atoms with Gasteiger partial charge >= 0.3 is 0 Å². The third-order valence-corrected chi connectivity index (χ3v) is 10.7. The molecule has 4 aliphatic carbocycles. The summed E-state index contributed by atoms with van der Waals surface area (Å²) < 4.78 is 0. The first-order valence-electron chi connectivity index (χ1n) is 13.3. The molecule has 0 aliphatic heterocycles. The number of allylic oxidation sites excluding steroid dienone is 4. The van der Waals surface area contributed by atoms with Crippen molar-refractivity contribution >= 4 is 0 Å². The van der Waals surface area contributed by atoms with Crippen LogP contribution in [-0.4, -0.2) is 11.2 Å². The van der Waals surface area contributed by atoms with Gasteiger partial charge in [0.25, 0.3) is 0 Å². The average molecular weight is 413 g/mol. The lowest BCUT2D eigenvalue weighted by atomic mass is 9.47. The van der Waals surface area contributed by atoms with Crippen LogP contribution < -0.4 is 0 Å². The van der Waals surface area contributed by atoms with Gasteiger partial charge in [0.1, 0.15) is 0 Å².